The number of carboxylic acids is 1. The van der Waals surface area contributed by atoms with Crippen LogP contribution in [0.2, 0.25) is 0 Å². The summed E-state index contributed by atoms with van der Waals surface area (Å²) in [5.41, 5.74) is 1.65. The van der Waals surface area contributed by atoms with Crippen molar-refractivity contribution < 1.29 is 19.4 Å². The molecule has 1 aliphatic rings. The van der Waals surface area contributed by atoms with Crippen LogP contribution in [-0.4, -0.2) is 44.7 Å². The van der Waals surface area contributed by atoms with Gasteiger partial charge in [-0.3, -0.25) is 9.69 Å². The number of hydrogen-bond acceptors (Lipinski definition) is 7. The van der Waals surface area contributed by atoms with Crippen LogP contribution in [0.3, 0.4) is 0 Å². The van der Waals surface area contributed by atoms with E-state index in [9.17, 15) is 9.59 Å². The molecule has 7 nitrogen and oxygen atoms in total. The third-order valence-corrected chi connectivity index (χ3v) is 5.94. The highest BCUT2D eigenvalue weighted by Crippen LogP contribution is 2.35. The molecule has 152 valence electrons. The summed E-state index contributed by atoms with van der Waals surface area (Å²) in [4.78, 5) is 35.0. The van der Waals surface area contributed by atoms with E-state index in [-0.39, 0.29) is 5.91 Å². The van der Waals surface area contributed by atoms with Crippen LogP contribution in [0, 0.1) is 6.92 Å². The molecule has 0 radical (unpaired) electrons. The number of carbonyl (C=O) groups is 2. The number of amidine groups is 1. The minimum Gasteiger partial charge on any atom is -0.479 e. The maximum Gasteiger partial charge on any atom is 0.344 e. The van der Waals surface area contributed by atoms with Crippen molar-refractivity contribution >= 4 is 51.4 Å². The molecular weight excluding hydrogens is 410 g/mol. The number of thiazole rings is 1. The van der Waals surface area contributed by atoms with Crippen molar-refractivity contribution in [3.63, 3.8) is 0 Å². The summed E-state index contributed by atoms with van der Waals surface area (Å²) in [6.45, 7) is 6.06. The van der Waals surface area contributed by atoms with Crippen LogP contribution < -0.4 is 4.74 Å². The number of ether oxygens (including phenoxy) is 1. The van der Waals surface area contributed by atoms with Gasteiger partial charge in [-0.1, -0.05) is 19.1 Å². The summed E-state index contributed by atoms with van der Waals surface area (Å²) < 4.78 is 5.54. The molecule has 1 aromatic heterocycles. The second-order valence-electron chi connectivity index (χ2n) is 6.25. The Morgan fingerprint density at radius 3 is 2.83 bits per heavy atom. The summed E-state index contributed by atoms with van der Waals surface area (Å²) >= 11 is 2.73. The third-order valence-electron chi connectivity index (χ3n) is 4.08. The third kappa shape index (κ3) is 5.04. The maximum atomic E-state index is 12.8. The van der Waals surface area contributed by atoms with Crippen LogP contribution in [0.15, 0.2) is 39.5 Å². The highest BCUT2D eigenvalue weighted by atomic mass is 32.2. The number of aliphatic imine (C=N–C) groups is 1. The van der Waals surface area contributed by atoms with Gasteiger partial charge in [0.2, 0.25) is 5.13 Å². The molecule has 1 unspecified atom stereocenters. The first-order valence-electron chi connectivity index (χ1n) is 9.13. The number of aliphatic carboxylic acids is 1. The van der Waals surface area contributed by atoms with E-state index < -0.39 is 12.1 Å². The van der Waals surface area contributed by atoms with Gasteiger partial charge in [-0.2, -0.15) is 4.99 Å². The topological polar surface area (TPSA) is 92.1 Å². The zero-order valence-corrected chi connectivity index (χ0v) is 17.9. The lowest BCUT2D eigenvalue weighted by Gasteiger charge is -2.13. The van der Waals surface area contributed by atoms with Gasteiger partial charge in [0.15, 0.2) is 11.3 Å². The standard InChI is InChI=1S/C20H21N3O4S2/c1-4-15(18(25)26)27-14-8-6-7-13(9-14)10-16-17(24)23(5-2)20(29-16)22-19-21-12(3)11-28-19/h6-11,15H,4-5H2,1-3H3,(H,25,26)/b16-10+,22-20+. The van der Waals surface area contributed by atoms with Crippen LogP contribution in [-0.2, 0) is 9.59 Å². The predicted molar refractivity (Wildman–Crippen MR) is 116 cm³/mol. The van der Waals surface area contributed by atoms with Crippen molar-refractivity contribution in [2.75, 3.05) is 6.54 Å². The smallest absolute Gasteiger partial charge is 0.344 e. The summed E-state index contributed by atoms with van der Waals surface area (Å²) in [5.74, 6) is -0.675. The van der Waals surface area contributed by atoms with Crippen molar-refractivity contribution in [2.45, 2.75) is 33.3 Å². The Morgan fingerprint density at radius 1 is 1.41 bits per heavy atom. The van der Waals surface area contributed by atoms with Gasteiger partial charge in [0.25, 0.3) is 5.91 Å². The van der Waals surface area contributed by atoms with E-state index in [1.165, 1.54) is 23.1 Å². The summed E-state index contributed by atoms with van der Waals surface area (Å²) in [5, 5.41) is 12.3. The first-order chi connectivity index (χ1) is 13.9. The van der Waals surface area contributed by atoms with Gasteiger partial charge in [0.1, 0.15) is 5.75 Å². The van der Waals surface area contributed by atoms with E-state index in [2.05, 4.69) is 9.98 Å². The number of carbonyl (C=O) groups excluding carboxylic acids is 1. The molecule has 1 N–H and O–H groups in total. The van der Waals surface area contributed by atoms with E-state index in [0.717, 1.165) is 11.3 Å². The molecule has 0 spiro atoms. The van der Waals surface area contributed by atoms with Crippen LogP contribution in [0.4, 0.5) is 5.13 Å². The number of carboxylic acid groups (broad SMARTS) is 1. The Labute approximate surface area is 177 Å². The molecule has 1 atom stereocenters. The zero-order valence-electron chi connectivity index (χ0n) is 16.3. The minimum absolute atomic E-state index is 0.118. The molecule has 2 aromatic rings. The fraction of sp³-hybridized carbons (Fsp3) is 0.300. The maximum absolute atomic E-state index is 12.8. The molecule has 1 amide bonds. The molecule has 3 rings (SSSR count). The second-order valence-corrected chi connectivity index (χ2v) is 8.10. The first-order valence-corrected chi connectivity index (χ1v) is 10.8. The summed E-state index contributed by atoms with van der Waals surface area (Å²) in [6.07, 6.45) is 1.22. The lowest BCUT2D eigenvalue weighted by Crippen LogP contribution is -2.28. The van der Waals surface area contributed by atoms with E-state index in [4.69, 9.17) is 9.84 Å². The number of rotatable bonds is 7. The van der Waals surface area contributed by atoms with Gasteiger partial charge in [0, 0.05) is 11.9 Å². The number of aromatic nitrogens is 1. The Morgan fingerprint density at radius 2 is 2.21 bits per heavy atom. The van der Waals surface area contributed by atoms with Crippen molar-refractivity contribution in [3.8, 4) is 5.75 Å². The average molecular weight is 432 g/mol. The highest BCUT2D eigenvalue weighted by molar-refractivity contribution is 8.18. The second kappa shape index (κ2) is 9.23. The van der Waals surface area contributed by atoms with Crippen LogP contribution in [0.1, 0.15) is 31.5 Å². The fourth-order valence-corrected chi connectivity index (χ4v) is 4.41. The Hall–Kier alpha value is -2.65. The Kier molecular flexibility index (Phi) is 6.71. The van der Waals surface area contributed by atoms with Gasteiger partial charge >= 0.3 is 5.97 Å². The Bertz CT molecular complexity index is 984. The van der Waals surface area contributed by atoms with E-state index in [1.54, 1.807) is 36.1 Å². The summed E-state index contributed by atoms with van der Waals surface area (Å²) in [6, 6.07) is 7.03. The highest BCUT2D eigenvalue weighted by Gasteiger charge is 2.32. The number of amides is 1. The molecule has 2 heterocycles. The van der Waals surface area contributed by atoms with Gasteiger partial charge in [0.05, 0.1) is 10.6 Å². The molecule has 0 saturated carbocycles. The van der Waals surface area contributed by atoms with Crippen molar-refractivity contribution in [2.24, 2.45) is 4.99 Å². The van der Waals surface area contributed by atoms with E-state index in [1.807, 2.05) is 25.3 Å². The lowest BCUT2D eigenvalue weighted by molar-refractivity contribution is -0.145. The fourth-order valence-electron chi connectivity index (χ4n) is 2.65. The van der Waals surface area contributed by atoms with Gasteiger partial charge < -0.3 is 9.84 Å². The number of nitrogens with zero attached hydrogens (tertiary/aromatic N) is 3. The molecule has 1 fully saturated rings. The molecule has 9 heteroatoms. The largest absolute Gasteiger partial charge is 0.479 e. The number of hydrogen-bond donors (Lipinski definition) is 1. The van der Waals surface area contributed by atoms with Gasteiger partial charge in [-0.15, -0.1) is 11.3 Å². The average Bonchev–Trinajstić information content (AvgIpc) is 3.22. The van der Waals surface area contributed by atoms with Crippen molar-refractivity contribution in [3.05, 3.63) is 45.8 Å². The van der Waals surface area contributed by atoms with Gasteiger partial charge in [-0.05, 0) is 55.8 Å². The SMILES string of the molecule is CCC(Oc1cccc(/C=C2/S/C(=N/c3nc(C)cs3)N(CC)C2=O)c1)C(=O)O. The molecule has 0 aliphatic carbocycles. The van der Waals surface area contributed by atoms with E-state index >= 15 is 0 Å². The molecule has 29 heavy (non-hydrogen) atoms. The van der Waals surface area contributed by atoms with Crippen LogP contribution >= 0.6 is 23.1 Å². The number of thioether (sulfide) groups is 1. The van der Waals surface area contributed by atoms with E-state index in [0.29, 0.717) is 33.9 Å². The molecule has 1 aliphatic heterocycles. The zero-order chi connectivity index (χ0) is 21.0. The van der Waals surface area contributed by atoms with Crippen LogP contribution in [0.5, 0.6) is 5.75 Å². The summed E-state index contributed by atoms with van der Waals surface area (Å²) in [7, 11) is 0. The molecule has 1 aromatic carbocycles. The molecule has 1 saturated heterocycles. The van der Waals surface area contributed by atoms with Crippen LogP contribution in [0.25, 0.3) is 6.08 Å². The van der Waals surface area contributed by atoms with Crippen molar-refractivity contribution in [1.29, 1.82) is 0 Å². The number of benzene rings is 1. The number of aryl methyl sites for hydroxylation is 1. The quantitative estimate of drug-likeness (QED) is 0.657. The predicted octanol–water partition coefficient (Wildman–Crippen LogP) is 4.32. The lowest BCUT2D eigenvalue weighted by atomic mass is 10.2. The molecular formula is C20H21N3O4S2. The minimum atomic E-state index is -1.00. The van der Waals surface area contributed by atoms with Crippen molar-refractivity contribution in [1.82, 2.24) is 9.88 Å². The number of likely N-dealkylation sites (N-methyl/N-ethyl adjacent to an activating group) is 1. The monoisotopic (exact) mass is 431 g/mol. The Balaban J connectivity index is 1.84. The van der Waals surface area contributed by atoms with Gasteiger partial charge in [-0.25, -0.2) is 9.78 Å². The molecule has 0 bridgehead atoms. The normalized spacial score (nSPS) is 17.9. The first kappa shape index (κ1) is 21.1.